The Hall–Kier alpha value is -3.00. The highest BCUT2D eigenvalue weighted by molar-refractivity contribution is 9.10. The summed E-state index contributed by atoms with van der Waals surface area (Å²) in [6.07, 6.45) is 2.31. The summed E-state index contributed by atoms with van der Waals surface area (Å²) in [5.74, 6) is 0.637. The summed E-state index contributed by atoms with van der Waals surface area (Å²) < 4.78 is 6.31. The van der Waals surface area contributed by atoms with Gasteiger partial charge in [0, 0.05) is 15.4 Å². The van der Waals surface area contributed by atoms with E-state index in [1.807, 2.05) is 43.3 Å². The van der Waals surface area contributed by atoms with Crippen LogP contribution in [0.5, 0.6) is 0 Å². The smallest absolute Gasteiger partial charge is 0.258 e. The predicted molar refractivity (Wildman–Crippen MR) is 104 cm³/mol. The number of nitrogens with zero attached hydrogens (tertiary/aromatic N) is 3. The van der Waals surface area contributed by atoms with Crippen LogP contribution in [0.3, 0.4) is 0 Å². The van der Waals surface area contributed by atoms with E-state index >= 15 is 0 Å². The maximum absolute atomic E-state index is 12.8. The fraction of sp³-hybridized carbons (Fsp3) is 0.158. The topological polar surface area (TPSA) is 96.7 Å². The van der Waals surface area contributed by atoms with Gasteiger partial charge in [0.05, 0.1) is 23.3 Å². The Labute approximate surface area is 163 Å². The average Bonchev–Trinajstić information content (AvgIpc) is 3.35. The zero-order valence-electron chi connectivity index (χ0n) is 14.4. The van der Waals surface area contributed by atoms with E-state index in [0.717, 1.165) is 15.4 Å². The monoisotopic (exact) mass is 425 g/mol. The zero-order chi connectivity index (χ0) is 18.8. The van der Waals surface area contributed by atoms with Gasteiger partial charge in [0.15, 0.2) is 5.82 Å². The van der Waals surface area contributed by atoms with Gasteiger partial charge in [0.25, 0.3) is 11.8 Å². The maximum Gasteiger partial charge on any atom is 0.258 e. The van der Waals surface area contributed by atoms with Gasteiger partial charge in [0.2, 0.25) is 0 Å². The summed E-state index contributed by atoms with van der Waals surface area (Å²) >= 11 is 3.43. The molecule has 4 rings (SSSR count). The molecule has 2 heterocycles. The Morgan fingerprint density at radius 1 is 1.30 bits per heavy atom. The normalized spacial score (nSPS) is 12.2. The van der Waals surface area contributed by atoms with Crippen LogP contribution in [0.4, 0.5) is 0 Å². The number of hydrogen-bond acceptors (Lipinski definition) is 5. The molecule has 0 aliphatic heterocycles. The molecule has 0 radical (unpaired) electrons. The third kappa shape index (κ3) is 3.48. The number of para-hydroxylation sites is 1. The minimum absolute atomic E-state index is 0.217. The van der Waals surface area contributed by atoms with Crippen molar-refractivity contribution in [2.24, 2.45) is 0 Å². The lowest BCUT2D eigenvalue weighted by atomic mass is 10.1. The lowest BCUT2D eigenvalue weighted by Crippen LogP contribution is -2.29. The van der Waals surface area contributed by atoms with Crippen molar-refractivity contribution < 1.29 is 9.32 Å². The molecule has 1 unspecified atom stereocenters. The molecule has 27 heavy (non-hydrogen) atoms. The van der Waals surface area contributed by atoms with E-state index in [-0.39, 0.29) is 11.9 Å². The van der Waals surface area contributed by atoms with Crippen molar-refractivity contribution in [3.8, 4) is 11.5 Å². The molecule has 0 aliphatic rings. The number of rotatable bonds is 5. The molecule has 4 aromatic rings. The number of benzene rings is 2. The van der Waals surface area contributed by atoms with Crippen molar-refractivity contribution in [1.82, 2.24) is 25.7 Å². The van der Waals surface area contributed by atoms with Gasteiger partial charge < -0.3 is 9.84 Å². The largest absolute Gasteiger partial charge is 0.342 e. The van der Waals surface area contributed by atoms with Crippen molar-refractivity contribution in [3.05, 3.63) is 64.5 Å². The minimum Gasteiger partial charge on any atom is -0.342 e. The Morgan fingerprint density at radius 3 is 2.96 bits per heavy atom. The maximum atomic E-state index is 12.8. The van der Waals surface area contributed by atoms with Crippen molar-refractivity contribution >= 4 is 32.7 Å². The molecule has 2 N–H and O–H groups in total. The molecule has 0 saturated carbocycles. The number of carbonyl (C=O) groups excluding carboxylic acids is 1. The molecule has 2 aromatic heterocycles. The van der Waals surface area contributed by atoms with Gasteiger partial charge in [-0.25, -0.2) is 0 Å². The summed E-state index contributed by atoms with van der Waals surface area (Å²) in [6, 6.07) is 12.7. The van der Waals surface area contributed by atoms with Crippen LogP contribution in [-0.4, -0.2) is 26.2 Å². The first-order valence-corrected chi connectivity index (χ1v) is 9.27. The number of nitrogens with one attached hydrogen (secondary N) is 2. The molecule has 0 bridgehead atoms. The molecule has 1 amide bonds. The molecular formula is C19H16BrN5O2. The highest BCUT2D eigenvalue weighted by Gasteiger charge is 2.21. The van der Waals surface area contributed by atoms with E-state index in [0.29, 0.717) is 29.2 Å². The zero-order valence-corrected chi connectivity index (χ0v) is 16.0. The molecular weight excluding hydrogens is 410 g/mol. The van der Waals surface area contributed by atoms with Crippen LogP contribution in [0.1, 0.15) is 35.6 Å². The molecule has 0 fully saturated rings. The number of halogens is 1. The summed E-state index contributed by atoms with van der Waals surface area (Å²) in [6.45, 7) is 1.96. The molecule has 136 valence electrons. The number of aromatic amines is 1. The minimum atomic E-state index is -0.361. The Kier molecular flexibility index (Phi) is 4.72. The van der Waals surface area contributed by atoms with Crippen LogP contribution in [0.25, 0.3) is 22.4 Å². The van der Waals surface area contributed by atoms with E-state index in [1.54, 1.807) is 12.3 Å². The second kappa shape index (κ2) is 7.32. The number of carbonyl (C=O) groups is 1. The third-order valence-corrected chi connectivity index (χ3v) is 4.75. The molecule has 0 saturated heterocycles. The summed E-state index contributed by atoms with van der Waals surface area (Å²) in [4.78, 5) is 17.2. The SMILES string of the molecule is CCC(NC(=O)c1cccc2cn[nH]c12)c1noc(-c2cccc(Br)c2)n1. The molecule has 7 nitrogen and oxygen atoms in total. The fourth-order valence-corrected chi connectivity index (χ4v) is 3.26. The van der Waals surface area contributed by atoms with Gasteiger partial charge in [0.1, 0.15) is 0 Å². The highest BCUT2D eigenvalue weighted by Crippen LogP contribution is 2.24. The van der Waals surface area contributed by atoms with Crippen molar-refractivity contribution in [2.45, 2.75) is 19.4 Å². The Balaban J connectivity index is 1.58. The van der Waals surface area contributed by atoms with Gasteiger partial charge in [-0.1, -0.05) is 46.2 Å². The Morgan fingerprint density at radius 2 is 2.15 bits per heavy atom. The van der Waals surface area contributed by atoms with Gasteiger partial charge >= 0.3 is 0 Å². The van der Waals surface area contributed by atoms with E-state index in [1.165, 1.54) is 0 Å². The van der Waals surface area contributed by atoms with Crippen LogP contribution < -0.4 is 5.32 Å². The first-order valence-electron chi connectivity index (χ1n) is 8.48. The second-order valence-electron chi connectivity index (χ2n) is 6.04. The number of hydrogen-bond donors (Lipinski definition) is 2. The Bertz CT molecular complexity index is 1100. The number of H-pyrrole nitrogens is 1. The van der Waals surface area contributed by atoms with Crippen molar-refractivity contribution in [1.29, 1.82) is 0 Å². The van der Waals surface area contributed by atoms with E-state index < -0.39 is 0 Å². The first-order chi connectivity index (χ1) is 13.2. The van der Waals surface area contributed by atoms with Crippen LogP contribution in [0, 0.1) is 0 Å². The van der Waals surface area contributed by atoms with Crippen LogP contribution in [0.15, 0.2) is 57.7 Å². The van der Waals surface area contributed by atoms with Gasteiger partial charge in [-0.3, -0.25) is 9.89 Å². The van der Waals surface area contributed by atoms with E-state index in [9.17, 15) is 4.79 Å². The van der Waals surface area contributed by atoms with Gasteiger partial charge in [-0.05, 0) is 30.7 Å². The lowest BCUT2D eigenvalue weighted by Gasteiger charge is -2.13. The lowest BCUT2D eigenvalue weighted by molar-refractivity contribution is 0.0934. The quantitative estimate of drug-likeness (QED) is 0.497. The fourth-order valence-electron chi connectivity index (χ4n) is 2.86. The summed E-state index contributed by atoms with van der Waals surface area (Å²) in [7, 11) is 0. The van der Waals surface area contributed by atoms with Crippen LogP contribution in [0.2, 0.25) is 0 Å². The standard InChI is InChI=1S/C19H16BrN5O2/c1-2-15(17-23-19(27-25-17)11-5-3-7-13(20)9-11)22-18(26)14-8-4-6-12-10-21-24-16(12)14/h3-10,15H,2H2,1H3,(H,21,24)(H,22,26). The second-order valence-corrected chi connectivity index (χ2v) is 6.96. The van der Waals surface area contributed by atoms with E-state index in [4.69, 9.17) is 4.52 Å². The van der Waals surface area contributed by atoms with E-state index in [2.05, 4.69) is 41.6 Å². The molecule has 8 heteroatoms. The summed E-state index contributed by atoms with van der Waals surface area (Å²) in [5, 5.41) is 14.8. The average molecular weight is 426 g/mol. The molecule has 1 atom stereocenters. The van der Waals surface area contributed by atoms with Gasteiger partial charge in [-0.2, -0.15) is 10.1 Å². The van der Waals surface area contributed by atoms with Crippen LogP contribution >= 0.6 is 15.9 Å². The van der Waals surface area contributed by atoms with Crippen molar-refractivity contribution in [2.75, 3.05) is 0 Å². The van der Waals surface area contributed by atoms with Crippen molar-refractivity contribution in [3.63, 3.8) is 0 Å². The number of fused-ring (bicyclic) bond motifs is 1. The van der Waals surface area contributed by atoms with Gasteiger partial charge in [-0.15, -0.1) is 0 Å². The first kappa shape index (κ1) is 17.4. The molecule has 0 aliphatic carbocycles. The molecule has 0 spiro atoms. The summed E-state index contributed by atoms with van der Waals surface area (Å²) in [5.41, 5.74) is 2.04. The number of aromatic nitrogens is 4. The predicted octanol–water partition coefficient (Wildman–Crippen LogP) is 4.26. The highest BCUT2D eigenvalue weighted by atomic mass is 79.9. The molecule has 2 aromatic carbocycles. The number of amides is 1. The third-order valence-electron chi connectivity index (χ3n) is 4.26. The van der Waals surface area contributed by atoms with Crippen LogP contribution in [-0.2, 0) is 0 Å².